The zero-order valence-electron chi connectivity index (χ0n) is 14.1. The normalized spacial score (nSPS) is 15.2. The Labute approximate surface area is 152 Å². The van der Waals surface area contributed by atoms with Crippen LogP contribution in [0.2, 0.25) is 5.02 Å². The fourth-order valence-electron chi connectivity index (χ4n) is 2.86. The summed E-state index contributed by atoms with van der Waals surface area (Å²) in [5.74, 6) is 0.819. The van der Waals surface area contributed by atoms with Crippen molar-refractivity contribution in [3.8, 4) is 0 Å². The van der Waals surface area contributed by atoms with Gasteiger partial charge in [0, 0.05) is 50.1 Å². The van der Waals surface area contributed by atoms with Crippen LogP contribution in [0, 0.1) is 0 Å². The molecule has 25 heavy (non-hydrogen) atoms. The number of nitrogens with zero attached hydrogens (tertiary/aromatic N) is 4. The third kappa shape index (κ3) is 5.41. The summed E-state index contributed by atoms with van der Waals surface area (Å²) in [6.07, 6.45) is 4.29. The van der Waals surface area contributed by atoms with Gasteiger partial charge in [0.1, 0.15) is 0 Å². The molecule has 2 aromatic rings. The SMILES string of the molecule is O=C(CN1CCN(c2ncccn2)CC1)NCCc1cccc(Cl)c1. The maximum Gasteiger partial charge on any atom is 0.234 e. The molecule has 0 unspecified atom stereocenters. The maximum absolute atomic E-state index is 12.1. The van der Waals surface area contributed by atoms with E-state index in [1.165, 1.54) is 0 Å². The van der Waals surface area contributed by atoms with Crippen molar-refractivity contribution in [1.29, 1.82) is 0 Å². The standard InChI is InChI=1S/C18H22ClN5O/c19-16-4-1-3-15(13-16)5-8-20-17(25)14-23-9-11-24(12-10-23)18-21-6-2-7-22-18/h1-4,6-7,13H,5,8-12,14H2,(H,20,25). The van der Waals surface area contributed by atoms with Gasteiger partial charge in [-0.2, -0.15) is 0 Å². The second kappa shape index (κ2) is 8.78. The van der Waals surface area contributed by atoms with Crippen LogP contribution in [0.3, 0.4) is 0 Å². The lowest BCUT2D eigenvalue weighted by Gasteiger charge is -2.34. The van der Waals surface area contributed by atoms with Gasteiger partial charge in [-0.3, -0.25) is 9.69 Å². The van der Waals surface area contributed by atoms with E-state index in [0.29, 0.717) is 13.1 Å². The Morgan fingerprint density at radius 1 is 1.12 bits per heavy atom. The Morgan fingerprint density at radius 3 is 2.60 bits per heavy atom. The highest BCUT2D eigenvalue weighted by atomic mass is 35.5. The molecular formula is C18H22ClN5O. The van der Waals surface area contributed by atoms with Crippen LogP contribution in [0.1, 0.15) is 5.56 Å². The molecular weight excluding hydrogens is 338 g/mol. The van der Waals surface area contributed by atoms with Gasteiger partial charge >= 0.3 is 0 Å². The lowest BCUT2D eigenvalue weighted by molar-refractivity contribution is -0.122. The molecule has 1 aromatic heterocycles. The Morgan fingerprint density at radius 2 is 1.88 bits per heavy atom. The maximum atomic E-state index is 12.1. The fourth-order valence-corrected chi connectivity index (χ4v) is 3.07. The Hall–Kier alpha value is -2.18. The molecule has 7 heteroatoms. The average molecular weight is 360 g/mol. The number of aromatic nitrogens is 2. The van der Waals surface area contributed by atoms with Crippen LogP contribution in [0.25, 0.3) is 0 Å². The van der Waals surface area contributed by atoms with Gasteiger partial charge in [-0.1, -0.05) is 23.7 Å². The molecule has 1 aliphatic rings. The molecule has 1 N–H and O–H groups in total. The van der Waals surface area contributed by atoms with Crippen molar-refractivity contribution in [2.24, 2.45) is 0 Å². The van der Waals surface area contributed by atoms with Crippen LogP contribution >= 0.6 is 11.6 Å². The minimum Gasteiger partial charge on any atom is -0.355 e. The minimum atomic E-state index is 0.0615. The predicted octanol–water partition coefficient (Wildman–Crippen LogP) is 1.61. The lowest BCUT2D eigenvalue weighted by atomic mass is 10.1. The van der Waals surface area contributed by atoms with Gasteiger partial charge in [0.15, 0.2) is 0 Å². The van der Waals surface area contributed by atoms with Crippen molar-refractivity contribution in [2.45, 2.75) is 6.42 Å². The van der Waals surface area contributed by atoms with Gasteiger partial charge in [-0.15, -0.1) is 0 Å². The molecule has 0 saturated carbocycles. The summed E-state index contributed by atoms with van der Waals surface area (Å²) < 4.78 is 0. The number of anilines is 1. The van der Waals surface area contributed by atoms with Gasteiger partial charge in [-0.05, 0) is 30.2 Å². The highest BCUT2D eigenvalue weighted by molar-refractivity contribution is 6.30. The van der Waals surface area contributed by atoms with E-state index in [-0.39, 0.29) is 5.91 Å². The van der Waals surface area contributed by atoms with Crippen molar-refractivity contribution >= 4 is 23.5 Å². The van der Waals surface area contributed by atoms with Crippen molar-refractivity contribution in [1.82, 2.24) is 20.2 Å². The van der Waals surface area contributed by atoms with Crippen LogP contribution < -0.4 is 10.2 Å². The van der Waals surface area contributed by atoms with Crippen molar-refractivity contribution < 1.29 is 4.79 Å². The summed E-state index contributed by atoms with van der Waals surface area (Å²) in [4.78, 5) is 25.0. The molecule has 1 aromatic carbocycles. The predicted molar refractivity (Wildman–Crippen MR) is 98.9 cm³/mol. The average Bonchev–Trinajstić information content (AvgIpc) is 2.63. The number of amides is 1. The monoisotopic (exact) mass is 359 g/mol. The van der Waals surface area contributed by atoms with E-state index < -0.39 is 0 Å². The lowest BCUT2D eigenvalue weighted by Crippen LogP contribution is -2.50. The molecule has 6 nitrogen and oxygen atoms in total. The van der Waals surface area contributed by atoms with E-state index in [0.717, 1.165) is 49.1 Å². The van der Waals surface area contributed by atoms with Gasteiger partial charge in [-0.25, -0.2) is 9.97 Å². The summed E-state index contributed by atoms with van der Waals surface area (Å²) in [7, 11) is 0. The second-order valence-electron chi connectivity index (χ2n) is 6.04. The quantitative estimate of drug-likeness (QED) is 0.849. The number of rotatable bonds is 6. The molecule has 2 heterocycles. The zero-order chi connectivity index (χ0) is 17.5. The number of halogens is 1. The van der Waals surface area contributed by atoms with E-state index >= 15 is 0 Å². The van der Waals surface area contributed by atoms with Crippen molar-refractivity contribution in [3.05, 3.63) is 53.3 Å². The number of benzene rings is 1. The topological polar surface area (TPSA) is 61.4 Å². The Kier molecular flexibility index (Phi) is 6.19. The summed E-state index contributed by atoms with van der Waals surface area (Å²) >= 11 is 5.96. The Bertz CT molecular complexity index is 689. The first-order valence-electron chi connectivity index (χ1n) is 8.46. The van der Waals surface area contributed by atoms with Crippen molar-refractivity contribution in [2.75, 3.05) is 44.2 Å². The van der Waals surface area contributed by atoms with Crippen LogP contribution in [0.4, 0.5) is 5.95 Å². The van der Waals surface area contributed by atoms with Crippen LogP contribution in [-0.4, -0.2) is 60.0 Å². The first kappa shape index (κ1) is 17.6. The molecule has 1 amide bonds. The largest absolute Gasteiger partial charge is 0.355 e. The molecule has 1 fully saturated rings. The number of carbonyl (C=O) groups excluding carboxylic acids is 1. The van der Waals surface area contributed by atoms with E-state index in [4.69, 9.17) is 11.6 Å². The molecule has 1 saturated heterocycles. The molecule has 3 rings (SSSR count). The highest BCUT2D eigenvalue weighted by Gasteiger charge is 2.20. The number of piperazine rings is 1. The summed E-state index contributed by atoms with van der Waals surface area (Å²) in [5.41, 5.74) is 1.13. The van der Waals surface area contributed by atoms with Crippen LogP contribution in [0.5, 0.6) is 0 Å². The van der Waals surface area contributed by atoms with Gasteiger partial charge in [0.05, 0.1) is 6.54 Å². The second-order valence-corrected chi connectivity index (χ2v) is 6.48. The first-order chi connectivity index (χ1) is 12.2. The van der Waals surface area contributed by atoms with E-state index in [1.807, 2.05) is 30.3 Å². The zero-order valence-corrected chi connectivity index (χ0v) is 14.8. The fraction of sp³-hybridized carbons (Fsp3) is 0.389. The van der Waals surface area contributed by atoms with Crippen LogP contribution in [-0.2, 0) is 11.2 Å². The summed E-state index contributed by atoms with van der Waals surface area (Å²) in [6, 6.07) is 9.54. The minimum absolute atomic E-state index is 0.0615. The summed E-state index contributed by atoms with van der Waals surface area (Å²) in [6.45, 7) is 4.38. The number of hydrogen-bond acceptors (Lipinski definition) is 5. The molecule has 132 valence electrons. The summed E-state index contributed by atoms with van der Waals surface area (Å²) in [5, 5.41) is 3.70. The van der Waals surface area contributed by atoms with E-state index in [2.05, 4.69) is 25.1 Å². The van der Waals surface area contributed by atoms with E-state index in [1.54, 1.807) is 12.4 Å². The molecule has 0 atom stereocenters. The van der Waals surface area contributed by atoms with Crippen molar-refractivity contribution in [3.63, 3.8) is 0 Å². The van der Waals surface area contributed by atoms with Gasteiger partial charge in [0.25, 0.3) is 0 Å². The van der Waals surface area contributed by atoms with Gasteiger partial charge < -0.3 is 10.2 Å². The molecule has 1 aliphatic heterocycles. The first-order valence-corrected chi connectivity index (χ1v) is 8.84. The number of nitrogens with one attached hydrogen (secondary N) is 1. The van der Waals surface area contributed by atoms with Gasteiger partial charge in [0.2, 0.25) is 11.9 Å². The number of carbonyl (C=O) groups is 1. The highest BCUT2D eigenvalue weighted by Crippen LogP contribution is 2.11. The Balaban J connectivity index is 1.36. The molecule has 0 radical (unpaired) electrons. The third-order valence-corrected chi connectivity index (χ3v) is 4.43. The molecule has 0 bridgehead atoms. The van der Waals surface area contributed by atoms with E-state index in [9.17, 15) is 4.79 Å². The third-order valence-electron chi connectivity index (χ3n) is 4.20. The number of hydrogen-bond donors (Lipinski definition) is 1. The molecule has 0 aliphatic carbocycles. The smallest absolute Gasteiger partial charge is 0.234 e. The molecule has 0 spiro atoms. The van der Waals surface area contributed by atoms with Crippen LogP contribution in [0.15, 0.2) is 42.7 Å².